The van der Waals surface area contributed by atoms with E-state index < -0.39 is 5.60 Å². The fourth-order valence-electron chi connectivity index (χ4n) is 2.83. The van der Waals surface area contributed by atoms with Gasteiger partial charge in [-0.15, -0.1) is 0 Å². The smallest absolute Gasteiger partial charge is 0.410 e. The average Bonchev–Trinajstić information content (AvgIpc) is 2.46. The third-order valence-corrected chi connectivity index (χ3v) is 3.73. The number of amides is 1. The fraction of sp³-hybridized carbons (Fsp3) is 0.556. The van der Waals surface area contributed by atoms with Crippen molar-refractivity contribution >= 4 is 12.4 Å². The number of aldehydes is 1. The van der Waals surface area contributed by atoms with E-state index in [0.29, 0.717) is 13.2 Å². The highest BCUT2D eigenvalue weighted by atomic mass is 16.6. The van der Waals surface area contributed by atoms with Gasteiger partial charge < -0.3 is 19.2 Å². The minimum Gasteiger partial charge on any atom is -0.494 e. The SMILES string of the molecule is CCOc1ccc2c(c1)CCN(C(=O)OC(C)(C)C)[C@@H]2CC=O. The molecule has 1 atom stereocenters. The lowest BCUT2D eigenvalue weighted by Gasteiger charge is -2.37. The van der Waals surface area contributed by atoms with E-state index in [0.717, 1.165) is 29.6 Å². The minimum absolute atomic E-state index is 0.264. The molecule has 5 heteroatoms. The first kappa shape index (κ1) is 17.3. The molecule has 0 aliphatic carbocycles. The van der Waals surface area contributed by atoms with Crippen LogP contribution in [0.5, 0.6) is 5.75 Å². The molecular formula is C18H25NO4. The molecule has 1 aromatic rings. The largest absolute Gasteiger partial charge is 0.494 e. The first-order valence-electron chi connectivity index (χ1n) is 8.04. The van der Waals surface area contributed by atoms with Crippen LogP contribution in [0.1, 0.15) is 51.3 Å². The van der Waals surface area contributed by atoms with Crippen molar-refractivity contribution in [3.05, 3.63) is 29.3 Å². The molecule has 1 aliphatic rings. The molecule has 0 spiro atoms. The van der Waals surface area contributed by atoms with E-state index in [9.17, 15) is 9.59 Å². The predicted molar refractivity (Wildman–Crippen MR) is 87.7 cm³/mol. The molecule has 1 aliphatic heterocycles. The van der Waals surface area contributed by atoms with Crippen LogP contribution < -0.4 is 4.74 Å². The van der Waals surface area contributed by atoms with Crippen molar-refractivity contribution < 1.29 is 19.1 Å². The standard InChI is InChI=1S/C18H25NO4/c1-5-22-14-6-7-15-13(12-14)8-10-19(16(15)9-11-20)17(21)23-18(2,3)4/h6-7,11-12,16H,5,8-10H2,1-4H3/t16-/m1/s1. The van der Waals surface area contributed by atoms with E-state index in [1.54, 1.807) is 4.90 Å². The summed E-state index contributed by atoms with van der Waals surface area (Å²) in [6.07, 6.45) is 1.47. The predicted octanol–water partition coefficient (Wildman–Crippen LogP) is 3.51. The Kier molecular flexibility index (Phi) is 5.29. The molecule has 0 saturated carbocycles. The van der Waals surface area contributed by atoms with Crippen LogP contribution in [-0.2, 0) is 16.0 Å². The van der Waals surface area contributed by atoms with Gasteiger partial charge in [0.05, 0.1) is 12.6 Å². The second-order valence-corrected chi connectivity index (χ2v) is 6.64. The molecule has 0 saturated heterocycles. The number of nitrogens with zero attached hydrogens (tertiary/aromatic N) is 1. The molecular weight excluding hydrogens is 294 g/mol. The van der Waals surface area contributed by atoms with Crippen LogP contribution >= 0.6 is 0 Å². The summed E-state index contributed by atoms with van der Waals surface area (Å²) >= 11 is 0. The molecule has 0 bridgehead atoms. The van der Waals surface area contributed by atoms with Gasteiger partial charge in [0.1, 0.15) is 17.6 Å². The number of carbonyl (C=O) groups excluding carboxylic acids is 2. The first-order valence-corrected chi connectivity index (χ1v) is 8.04. The van der Waals surface area contributed by atoms with Gasteiger partial charge in [0.25, 0.3) is 0 Å². The summed E-state index contributed by atoms with van der Waals surface area (Å²) in [7, 11) is 0. The Morgan fingerprint density at radius 3 is 2.74 bits per heavy atom. The Labute approximate surface area is 137 Å². The Morgan fingerprint density at radius 2 is 2.13 bits per heavy atom. The molecule has 0 unspecified atom stereocenters. The van der Waals surface area contributed by atoms with E-state index in [4.69, 9.17) is 9.47 Å². The Bertz CT molecular complexity index is 577. The van der Waals surface area contributed by atoms with Crippen molar-refractivity contribution in [3.8, 4) is 5.75 Å². The molecule has 2 rings (SSSR count). The quantitative estimate of drug-likeness (QED) is 0.797. The zero-order valence-electron chi connectivity index (χ0n) is 14.3. The van der Waals surface area contributed by atoms with Crippen LogP contribution in [0.15, 0.2) is 18.2 Å². The lowest BCUT2D eigenvalue weighted by Crippen LogP contribution is -2.43. The highest BCUT2D eigenvalue weighted by Gasteiger charge is 2.33. The summed E-state index contributed by atoms with van der Waals surface area (Å²) in [5, 5.41) is 0. The number of rotatable bonds is 4. The summed E-state index contributed by atoms with van der Waals surface area (Å²) in [5.41, 5.74) is 1.57. The number of ether oxygens (including phenoxy) is 2. The zero-order chi connectivity index (χ0) is 17.0. The minimum atomic E-state index is -0.554. The van der Waals surface area contributed by atoms with Crippen LogP contribution in [-0.4, -0.2) is 36.0 Å². The van der Waals surface area contributed by atoms with Gasteiger partial charge in [-0.3, -0.25) is 0 Å². The number of benzene rings is 1. The maximum atomic E-state index is 12.4. The van der Waals surface area contributed by atoms with E-state index >= 15 is 0 Å². The molecule has 1 heterocycles. The summed E-state index contributed by atoms with van der Waals surface area (Å²) in [6.45, 7) is 8.61. The second kappa shape index (κ2) is 7.02. The molecule has 0 N–H and O–H groups in total. The maximum Gasteiger partial charge on any atom is 0.410 e. The lowest BCUT2D eigenvalue weighted by atomic mass is 9.91. The summed E-state index contributed by atoms with van der Waals surface area (Å²) in [4.78, 5) is 25.2. The highest BCUT2D eigenvalue weighted by molar-refractivity contribution is 5.70. The van der Waals surface area contributed by atoms with Crippen LogP contribution in [0, 0.1) is 0 Å². The molecule has 0 radical (unpaired) electrons. The van der Waals surface area contributed by atoms with Gasteiger partial charge in [0, 0.05) is 13.0 Å². The van der Waals surface area contributed by atoms with Crippen LogP contribution in [0.2, 0.25) is 0 Å². The van der Waals surface area contributed by atoms with Gasteiger partial charge in [-0.25, -0.2) is 4.79 Å². The van der Waals surface area contributed by atoms with Gasteiger partial charge in [-0.1, -0.05) is 6.07 Å². The Hall–Kier alpha value is -2.04. The average molecular weight is 319 g/mol. The fourth-order valence-corrected chi connectivity index (χ4v) is 2.83. The van der Waals surface area contributed by atoms with Gasteiger partial charge >= 0.3 is 6.09 Å². The van der Waals surface area contributed by atoms with Crippen LogP contribution in [0.25, 0.3) is 0 Å². The monoisotopic (exact) mass is 319 g/mol. The second-order valence-electron chi connectivity index (χ2n) is 6.64. The molecule has 0 fully saturated rings. The zero-order valence-corrected chi connectivity index (χ0v) is 14.3. The third-order valence-electron chi connectivity index (χ3n) is 3.73. The number of carbonyl (C=O) groups is 2. The molecule has 0 aromatic heterocycles. The summed E-state index contributed by atoms with van der Waals surface area (Å²) in [5.74, 6) is 0.821. The first-order chi connectivity index (χ1) is 10.9. The van der Waals surface area contributed by atoms with E-state index in [2.05, 4.69) is 0 Å². The third kappa shape index (κ3) is 4.24. The van der Waals surface area contributed by atoms with E-state index in [1.807, 2.05) is 45.9 Å². The normalized spacial score (nSPS) is 17.4. The van der Waals surface area contributed by atoms with Crippen molar-refractivity contribution in [1.82, 2.24) is 4.90 Å². The Morgan fingerprint density at radius 1 is 1.39 bits per heavy atom. The van der Waals surface area contributed by atoms with Gasteiger partial charge in [0.15, 0.2) is 0 Å². The maximum absolute atomic E-state index is 12.4. The van der Waals surface area contributed by atoms with Crippen molar-refractivity contribution in [3.63, 3.8) is 0 Å². The molecule has 5 nitrogen and oxygen atoms in total. The van der Waals surface area contributed by atoms with Crippen LogP contribution in [0.3, 0.4) is 0 Å². The lowest BCUT2D eigenvalue weighted by molar-refractivity contribution is -0.109. The van der Waals surface area contributed by atoms with Crippen molar-refractivity contribution in [2.75, 3.05) is 13.2 Å². The molecule has 1 amide bonds. The van der Waals surface area contributed by atoms with Gasteiger partial charge in [0.2, 0.25) is 0 Å². The van der Waals surface area contributed by atoms with Gasteiger partial charge in [-0.05, 0) is 57.4 Å². The molecule has 1 aromatic carbocycles. The number of hydrogen-bond acceptors (Lipinski definition) is 4. The summed E-state index contributed by atoms with van der Waals surface area (Å²) in [6, 6.07) is 5.56. The van der Waals surface area contributed by atoms with Crippen molar-refractivity contribution in [2.45, 2.75) is 52.2 Å². The summed E-state index contributed by atoms with van der Waals surface area (Å²) < 4.78 is 11.0. The number of hydrogen-bond donors (Lipinski definition) is 0. The molecule has 23 heavy (non-hydrogen) atoms. The highest BCUT2D eigenvalue weighted by Crippen LogP contribution is 2.34. The van der Waals surface area contributed by atoms with Crippen molar-refractivity contribution in [2.24, 2.45) is 0 Å². The van der Waals surface area contributed by atoms with Crippen molar-refractivity contribution in [1.29, 1.82) is 0 Å². The molecule has 126 valence electrons. The Balaban J connectivity index is 2.28. The van der Waals surface area contributed by atoms with Gasteiger partial charge in [-0.2, -0.15) is 0 Å². The van der Waals surface area contributed by atoms with E-state index in [1.165, 1.54) is 0 Å². The van der Waals surface area contributed by atoms with Crippen LogP contribution in [0.4, 0.5) is 4.79 Å². The number of fused-ring (bicyclic) bond motifs is 1. The van der Waals surface area contributed by atoms with E-state index in [-0.39, 0.29) is 18.6 Å². The topological polar surface area (TPSA) is 55.8 Å².